The number of ether oxygens (including phenoxy) is 1. The van der Waals surface area contributed by atoms with Gasteiger partial charge in [-0.1, -0.05) is 24.3 Å². The van der Waals surface area contributed by atoms with Crippen LogP contribution < -0.4 is 11.0 Å². The molecule has 0 radical (unpaired) electrons. The fourth-order valence-electron chi connectivity index (χ4n) is 8.77. The Labute approximate surface area is 302 Å². The van der Waals surface area contributed by atoms with Crippen molar-refractivity contribution in [2.75, 3.05) is 57.7 Å². The van der Waals surface area contributed by atoms with Crippen molar-refractivity contribution in [1.29, 1.82) is 0 Å². The van der Waals surface area contributed by atoms with E-state index < -0.39 is 18.2 Å². The first-order chi connectivity index (χ1) is 25.1. The number of para-hydroxylation sites is 1. The molecule has 1 atom stereocenters. The molecule has 3 saturated heterocycles. The van der Waals surface area contributed by atoms with Crippen molar-refractivity contribution in [3.05, 3.63) is 63.6 Å². The second-order valence-electron chi connectivity index (χ2n) is 14.9. The summed E-state index contributed by atoms with van der Waals surface area (Å²) in [6.45, 7) is 6.10. The van der Waals surface area contributed by atoms with Crippen LogP contribution in [-0.4, -0.2) is 123 Å². The molecule has 7 rings (SSSR count). The zero-order valence-electron chi connectivity index (χ0n) is 29.8. The van der Waals surface area contributed by atoms with Crippen LogP contribution in [0.5, 0.6) is 0 Å². The van der Waals surface area contributed by atoms with Gasteiger partial charge in [-0.3, -0.25) is 14.5 Å². The summed E-state index contributed by atoms with van der Waals surface area (Å²) in [4.78, 5) is 77.1. The van der Waals surface area contributed by atoms with Crippen molar-refractivity contribution in [3.8, 4) is 0 Å². The Morgan fingerprint density at radius 2 is 1.54 bits per heavy atom. The highest BCUT2D eigenvalue weighted by molar-refractivity contribution is 5.91. The van der Waals surface area contributed by atoms with E-state index in [1.165, 1.54) is 0 Å². The molecule has 52 heavy (non-hydrogen) atoms. The number of aliphatic carboxylic acids is 1. The summed E-state index contributed by atoms with van der Waals surface area (Å²) in [5.41, 5.74) is 4.60. The summed E-state index contributed by atoms with van der Waals surface area (Å²) in [6, 6.07) is 11.4. The lowest BCUT2D eigenvalue weighted by Crippen LogP contribution is -2.52. The number of imidazole rings is 1. The van der Waals surface area contributed by atoms with Crippen LogP contribution in [0.3, 0.4) is 0 Å². The molecule has 3 aromatic rings. The molecular weight excluding hydrogens is 666 g/mol. The zero-order chi connectivity index (χ0) is 36.4. The maximum atomic E-state index is 14.2. The molecule has 278 valence electrons. The fraction of sp³-hybridized carbons (Fsp3) is 0.553. The van der Waals surface area contributed by atoms with Crippen LogP contribution >= 0.6 is 0 Å². The first kappa shape index (κ1) is 35.5. The van der Waals surface area contributed by atoms with Crippen LogP contribution in [0.2, 0.25) is 0 Å². The summed E-state index contributed by atoms with van der Waals surface area (Å²) >= 11 is 0. The van der Waals surface area contributed by atoms with E-state index >= 15 is 0 Å². The Hall–Kier alpha value is -4.85. The first-order valence-electron chi connectivity index (χ1n) is 18.7. The Morgan fingerprint density at radius 1 is 0.865 bits per heavy atom. The summed E-state index contributed by atoms with van der Waals surface area (Å²) < 4.78 is 6.09. The number of aryl methyl sites for hydroxylation is 1. The Bertz CT molecular complexity index is 1850. The van der Waals surface area contributed by atoms with Gasteiger partial charge in [0.25, 0.3) is 5.91 Å². The lowest BCUT2D eigenvalue weighted by Gasteiger charge is -2.41. The van der Waals surface area contributed by atoms with Crippen LogP contribution in [-0.2, 0) is 27.2 Å². The highest BCUT2D eigenvalue weighted by Gasteiger charge is 2.37. The molecule has 4 N–H and O–H groups in total. The van der Waals surface area contributed by atoms with E-state index in [-0.39, 0.29) is 36.6 Å². The maximum absolute atomic E-state index is 14.2. The van der Waals surface area contributed by atoms with Gasteiger partial charge in [-0.05, 0) is 106 Å². The molecule has 14 nitrogen and oxygen atoms in total. The molecule has 2 aromatic carbocycles. The fourth-order valence-corrected chi connectivity index (χ4v) is 8.77. The average Bonchev–Trinajstić information content (AvgIpc) is 3.43. The summed E-state index contributed by atoms with van der Waals surface area (Å²) in [6.07, 6.45) is 4.19. The van der Waals surface area contributed by atoms with Crippen LogP contribution in [0.25, 0.3) is 11.0 Å². The number of fused-ring (bicyclic) bond motifs is 2. The first-order valence-corrected chi connectivity index (χ1v) is 18.7. The lowest BCUT2D eigenvalue weighted by molar-refractivity contribution is -0.142. The van der Waals surface area contributed by atoms with Gasteiger partial charge in [0.2, 0.25) is 0 Å². The molecule has 14 heteroatoms. The van der Waals surface area contributed by atoms with Gasteiger partial charge >= 0.3 is 23.8 Å². The van der Waals surface area contributed by atoms with Crippen molar-refractivity contribution in [1.82, 2.24) is 29.6 Å². The van der Waals surface area contributed by atoms with Gasteiger partial charge in [-0.25, -0.2) is 14.4 Å². The van der Waals surface area contributed by atoms with Crippen LogP contribution in [0.4, 0.5) is 15.3 Å². The number of nitrogens with zero attached hydrogens (tertiary/aromatic N) is 4. The number of nitrogens with one attached hydrogen (secondary N) is 3. The van der Waals surface area contributed by atoms with Gasteiger partial charge in [0.1, 0.15) is 0 Å². The van der Waals surface area contributed by atoms with E-state index in [9.17, 15) is 24.0 Å². The van der Waals surface area contributed by atoms with E-state index in [1.54, 1.807) is 4.90 Å². The van der Waals surface area contributed by atoms with Crippen molar-refractivity contribution in [3.63, 3.8) is 0 Å². The van der Waals surface area contributed by atoms with E-state index in [4.69, 9.17) is 9.84 Å². The molecule has 0 saturated carbocycles. The molecule has 0 bridgehead atoms. The van der Waals surface area contributed by atoms with Gasteiger partial charge < -0.3 is 39.8 Å². The number of carboxylic acids is 1. The molecule has 0 aliphatic carbocycles. The van der Waals surface area contributed by atoms with Gasteiger partial charge in [0.05, 0.1) is 17.6 Å². The second-order valence-corrected chi connectivity index (χ2v) is 14.9. The number of anilines is 1. The van der Waals surface area contributed by atoms with Crippen molar-refractivity contribution in [2.45, 2.75) is 70.4 Å². The topological polar surface area (TPSA) is 171 Å². The molecule has 0 spiro atoms. The molecular formula is C38H49N7O7. The largest absolute Gasteiger partial charge is 0.480 e. The highest BCUT2D eigenvalue weighted by Crippen LogP contribution is 2.33. The minimum Gasteiger partial charge on any atom is -0.480 e. The van der Waals surface area contributed by atoms with Gasteiger partial charge in [0, 0.05) is 50.9 Å². The molecule has 3 fully saturated rings. The van der Waals surface area contributed by atoms with Crippen molar-refractivity contribution < 1.29 is 29.0 Å². The summed E-state index contributed by atoms with van der Waals surface area (Å²) in [7, 11) is 0. The van der Waals surface area contributed by atoms with E-state index in [1.807, 2.05) is 58.0 Å². The number of rotatable bonds is 8. The Kier molecular flexibility index (Phi) is 10.5. The Balaban J connectivity index is 0.989. The molecule has 4 aliphatic heterocycles. The SMILES string of the molecule is Cc1cc(C[C@@H](OC(=O)N2CCC(N3CCc4ccccc4NC3=O)CC2)C(=O)N2CCC(C3CCN(CC(=O)O)CC3)CC2)cc2[nH]c(=O)[nH]c12. The van der Waals surface area contributed by atoms with Crippen LogP contribution in [0.15, 0.2) is 41.2 Å². The normalized spacial score (nSPS) is 20.3. The summed E-state index contributed by atoms with van der Waals surface area (Å²) in [5, 5.41) is 12.2. The average molecular weight is 716 g/mol. The van der Waals surface area contributed by atoms with Gasteiger partial charge in [-0.15, -0.1) is 0 Å². The number of hydrogen-bond acceptors (Lipinski definition) is 7. The third-order valence-corrected chi connectivity index (χ3v) is 11.6. The number of benzene rings is 2. The van der Waals surface area contributed by atoms with Crippen LogP contribution in [0.1, 0.15) is 55.2 Å². The Morgan fingerprint density at radius 3 is 2.25 bits per heavy atom. The lowest BCUT2D eigenvalue weighted by atomic mass is 9.78. The van der Waals surface area contributed by atoms with Gasteiger partial charge in [-0.2, -0.15) is 0 Å². The second kappa shape index (κ2) is 15.4. The minimum atomic E-state index is -1.04. The number of likely N-dealkylation sites (tertiary alicyclic amines) is 3. The molecule has 1 aromatic heterocycles. The van der Waals surface area contributed by atoms with Crippen LogP contribution in [0, 0.1) is 18.8 Å². The van der Waals surface area contributed by atoms with E-state index in [0.717, 1.165) is 67.6 Å². The number of amides is 4. The molecule has 0 unspecified atom stereocenters. The van der Waals surface area contributed by atoms with Gasteiger partial charge in [0.15, 0.2) is 6.10 Å². The highest BCUT2D eigenvalue weighted by atomic mass is 16.6. The smallest absolute Gasteiger partial charge is 0.410 e. The summed E-state index contributed by atoms with van der Waals surface area (Å²) in [5.74, 6) is -0.0453. The molecule has 4 aliphatic rings. The monoisotopic (exact) mass is 715 g/mol. The predicted molar refractivity (Wildman–Crippen MR) is 194 cm³/mol. The van der Waals surface area contributed by atoms with E-state index in [0.29, 0.717) is 68.4 Å². The minimum absolute atomic E-state index is 0.0142. The number of aromatic amines is 2. The quantitative estimate of drug-likeness (QED) is 0.273. The number of hydrogen-bond donors (Lipinski definition) is 4. The number of carbonyl (C=O) groups is 4. The standard InChI is InChI=1S/C38H49N7O7/c1-24-20-25(21-31-34(24)41-36(49)39-31)22-32(35(48)43-15-8-27(9-16-43)26-6-13-42(14-7-26)23-33(46)47)52-38(51)44-17-11-29(12-18-44)45-19-10-28-4-2-3-5-30(28)40-37(45)50/h2-5,20-21,26-27,29,32H,6-19,22-23H2,1H3,(H,40,50)(H,46,47)(H2,39,41,49)/t32-/m1/s1. The number of carboxylic acid groups (broad SMARTS) is 1. The molecule has 5 heterocycles. The van der Waals surface area contributed by atoms with Crippen molar-refractivity contribution in [2.24, 2.45) is 11.8 Å². The van der Waals surface area contributed by atoms with E-state index in [2.05, 4.69) is 15.3 Å². The number of piperidine rings is 3. The number of urea groups is 1. The third kappa shape index (κ3) is 7.96. The predicted octanol–water partition coefficient (Wildman–Crippen LogP) is 3.80. The molecule has 4 amide bonds. The third-order valence-electron chi connectivity index (χ3n) is 11.6. The number of aromatic nitrogens is 2. The maximum Gasteiger partial charge on any atom is 0.410 e. The number of H-pyrrole nitrogens is 2. The zero-order valence-corrected chi connectivity index (χ0v) is 29.8. The van der Waals surface area contributed by atoms with Crippen molar-refractivity contribution >= 4 is 40.7 Å². The number of carbonyl (C=O) groups excluding carboxylic acids is 3.